The Bertz CT molecular complexity index is 563. The Kier molecular flexibility index (Phi) is 10.3. The average molecular weight is 479 g/mol. The van der Waals surface area contributed by atoms with Gasteiger partial charge in [0.05, 0.1) is 10.7 Å². The minimum Gasteiger partial charge on any atom is -0.370 e. The van der Waals surface area contributed by atoms with Gasteiger partial charge in [0.2, 0.25) is 5.91 Å². The number of aliphatic imine (C=N–C) groups is 1. The molecule has 6 nitrogen and oxygen atoms in total. The number of nitrogens with one attached hydrogen (secondary N) is 1. The average Bonchev–Trinajstić information content (AvgIpc) is 3.02. The predicted octanol–water partition coefficient (Wildman–Crippen LogP) is 2.42. The lowest BCUT2D eigenvalue weighted by atomic mass is 9.95. The second-order valence-electron chi connectivity index (χ2n) is 6.20. The van der Waals surface area contributed by atoms with Crippen molar-refractivity contribution in [2.45, 2.75) is 46.0 Å². The van der Waals surface area contributed by atoms with Gasteiger partial charge in [-0.05, 0) is 32.1 Å². The molecule has 142 valence electrons. The maximum absolute atomic E-state index is 11.2. The second kappa shape index (κ2) is 11.7. The summed E-state index contributed by atoms with van der Waals surface area (Å²) in [6.07, 6.45) is 4.47. The molecule has 0 spiro atoms. The first-order chi connectivity index (χ1) is 11.6. The van der Waals surface area contributed by atoms with E-state index >= 15 is 0 Å². The third-order valence-corrected chi connectivity index (χ3v) is 5.22. The first kappa shape index (κ1) is 22.1. The smallest absolute Gasteiger partial charge is 0.217 e. The number of nitrogens with two attached hydrogens (primary N) is 1. The van der Waals surface area contributed by atoms with Gasteiger partial charge in [0.15, 0.2) is 5.96 Å². The molecule has 0 aliphatic carbocycles. The highest BCUT2D eigenvalue weighted by Crippen LogP contribution is 2.19. The predicted molar refractivity (Wildman–Crippen MR) is 115 cm³/mol. The molecule has 1 atom stereocenters. The quantitative estimate of drug-likeness (QED) is 0.358. The monoisotopic (exact) mass is 479 g/mol. The number of aromatic nitrogens is 1. The molecule has 1 aliphatic heterocycles. The minimum absolute atomic E-state index is 0. The van der Waals surface area contributed by atoms with E-state index in [1.807, 2.05) is 0 Å². The normalized spacial score (nSPS) is 17.9. The van der Waals surface area contributed by atoms with Crippen LogP contribution in [0.3, 0.4) is 0 Å². The van der Waals surface area contributed by atoms with E-state index in [1.54, 1.807) is 11.3 Å². The number of hydrogen-bond acceptors (Lipinski definition) is 4. The molecule has 2 rings (SSSR count). The van der Waals surface area contributed by atoms with E-state index in [0.717, 1.165) is 63.5 Å². The van der Waals surface area contributed by atoms with Crippen LogP contribution in [0.1, 0.15) is 43.8 Å². The summed E-state index contributed by atoms with van der Waals surface area (Å²) in [5, 5.41) is 6.69. The fourth-order valence-electron chi connectivity index (χ4n) is 3.04. The molecule has 8 heteroatoms. The Morgan fingerprint density at radius 1 is 1.52 bits per heavy atom. The zero-order valence-corrected chi connectivity index (χ0v) is 18.3. The van der Waals surface area contributed by atoms with E-state index in [2.05, 4.69) is 34.4 Å². The number of primary amides is 1. The highest BCUT2D eigenvalue weighted by molar-refractivity contribution is 14.0. The lowest BCUT2D eigenvalue weighted by Crippen LogP contribution is -2.47. The van der Waals surface area contributed by atoms with E-state index in [-0.39, 0.29) is 29.9 Å². The number of guanidine groups is 1. The number of rotatable bonds is 7. The van der Waals surface area contributed by atoms with Crippen molar-refractivity contribution in [1.82, 2.24) is 15.2 Å². The van der Waals surface area contributed by atoms with Crippen LogP contribution in [0.4, 0.5) is 0 Å². The van der Waals surface area contributed by atoms with Crippen LogP contribution in [0, 0.1) is 5.92 Å². The molecule has 0 saturated carbocycles. The number of nitrogens with zero attached hydrogens (tertiary/aromatic N) is 3. The number of hydrogen-bond donors (Lipinski definition) is 2. The Labute approximate surface area is 171 Å². The standard InChI is InChI=1S/C17H29N5OS.HI/c1-3-16-21-14(12-24-16)7-8-20-17(19-4-2)22-9-5-6-13(11-22)10-15(18)23;/h12-13H,3-11H2,1-2H3,(H2,18,23)(H,19,20);1H. The van der Waals surface area contributed by atoms with Crippen molar-refractivity contribution < 1.29 is 4.79 Å². The molecule has 1 saturated heterocycles. The Morgan fingerprint density at radius 3 is 2.96 bits per heavy atom. The summed E-state index contributed by atoms with van der Waals surface area (Å²) in [6.45, 7) is 7.61. The van der Waals surface area contributed by atoms with Crippen LogP contribution < -0.4 is 11.1 Å². The summed E-state index contributed by atoms with van der Waals surface area (Å²) in [6, 6.07) is 0. The maximum atomic E-state index is 11.2. The number of carbonyl (C=O) groups excluding carboxylic acids is 1. The van der Waals surface area contributed by atoms with Crippen LogP contribution in [0.25, 0.3) is 0 Å². The lowest BCUT2D eigenvalue weighted by Gasteiger charge is -2.34. The number of amides is 1. The molecule has 0 bridgehead atoms. The van der Waals surface area contributed by atoms with Gasteiger partial charge in [-0.3, -0.25) is 9.79 Å². The molecule has 1 aromatic rings. The highest BCUT2D eigenvalue weighted by atomic mass is 127. The maximum Gasteiger partial charge on any atom is 0.217 e. The second-order valence-corrected chi connectivity index (χ2v) is 7.14. The minimum atomic E-state index is -0.209. The summed E-state index contributed by atoms with van der Waals surface area (Å²) < 4.78 is 0. The fraction of sp³-hybridized carbons (Fsp3) is 0.706. The molecule has 1 aliphatic rings. The molecule has 0 radical (unpaired) electrons. The topological polar surface area (TPSA) is 83.6 Å². The number of aryl methyl sites for hydroxylation is 1. The number of piperidine rings is 1. The van der Waals surface area contributed by atoms with Crippen molar-refractivity contribution in [3.63, 3.8) is 0 Å². The number of carbonyl (C=O) groups is 1. The van der Waals surface area contributed by atoms with E-state index in [1.165, 1.54) is 5.01 Å². The first-order valence-electron chi connectivity index (χ1n) is 8.87. The lowest BCUT2D eigenvalue weighted by molar-refractivity contribution is -0.119. The van der Waals surface area contributed by atoms with Gasteiger partial charge in [-0.15, -0.1) is 35.3 Å². The van der Waals surface area contributed by atoms with Gasteiger partial charge in [-0.1, -0.05) is 6.92 Å². The van der Waals surface area contributed by atoms with Gasteiger partial charge in [-0.25, -0.2) is 4.98 Å². The third kappa shape index (κ3) is 7.47. The highest BCUT2D eigenvalue weighted by Gasteiger charge is 2.23. The van der Waals surface area contributed by atoms with Crippen LogP contribution in [0.2, 0.25) is 0 Å². The van der Waals surface area contributed by atoms with Crippen molar-refractivity contribution in [2.24, 2.45) is 16.6 Å². The van der Waals surface area contributed by atoms with Crippen molar-refractivity contribution in [2.75, 3.05) is 26.2 Å². The Morgan fingerprint density at radius 2 is 2.32 bits per heavy atom. The van der Waals surface area contributed by atoms with Crippen LogP contribution >= 0.6 is 35.3 Å². The molecule has 3 N–H and O–H groups in total. The summed E-state index contributed by atoms with van der Waals surface area (Å²) in [7, 11) is 0. The molecule has 0 aromatic carbocycles. The molecule has 1 aromatic heterocycles. The zero-order valence-electron chi connectivity index (χ0n) is 15.2. The van der Waals surface area contributed by atoms with Gasteiger partial charge >= 0.3 is 0 Å². The molecule has 1 amide bonds. The molecule has 2 heterocycles. The Hall–Kier alpha value is -0.900. The number of likely N-dealkylation sites (tertiary alicyclic amines) is 1. The van der Waals surface area contributed by atoms with Crippen LogP contribution in [-0.2, 0) is 17.6 Å². The van der Waals surface area contributed by atoms with E-state index < -0.39 is 0 Å². The number of thiazole rings is 1. The van der Waals surface area contributed by atoms with Crippen molar-refractivity contribution >= 4 is 47.2 Å². The summed E-state index contributed by atoms with van der Waals surface area (Å²) >= 11 is 1.72. The first-order valence-corrected chi connectivity index (χ1v) is 9.75. The third-order valence-electron chi connectivity index (χ3n) is 4.17. The molecular weight excluding hydrogens is 449 g/mol. The van der Waals surface area contributed by atoms with E-state index in [4.69, 9.17) is 10.7 Å². The van der Waals surface area contributed by atoms with Crippen LogP contribution in [-0.4, -0.2) is 47.9 Å². The van der Waals surface area contributed by atoms with Crippen molar-refractivity contribution in [3.8, 4) is 0 Å². The van der Waals surface area contributed by atoms with E-state index in [0.29, 0.717) is 12.3 Å². The van der Waals surface area contributed by atoms with Gasteiger partial charge in [0.1, 0.15) is 0 Å². The van der Waals surface area contributed by atoms with Crippen LogP contribution in [0.5, 0.6) is 0 Å². The van der Waals surface area contributed by atoms with Gasteiger partial charge in [0, 0.05) is 44.4 Å². The van der Waals surface area contributed by atoms with Gasteiger partial charge < -0.3 is 16.0 Å². The van der Waals surface area contributed by atoms with E-state index in [9.17, 15) is 4.79 Å². The van der Waals surface area contributed by atoms with Crippen molar-refractivity contribution in [1.29, 1.82) is 0 Å². The summed E-state index contributed by atoms with van der Waals surface area (Å²) in [5.41, 5.74) is 6.48. The summed E-state index contributed by atoms with van der Waals surface area (Å²) in [5.74, 6) is 1.07. The fourth-order valence-corrected chi connectivity index (χ4v) is 3.82. The van der Waals surface area contributed by atoms with Crippen LogP contribution in [0.15, 0.2) is 10.4 Å². The SMILES string of the molecule is CCNC(=NCCc1csc(CC)n1)N1CCCC(CC(N)=O)C1.I. The van der Waals surface area contributed by atoms with Gasteiger partial charge in [0.25, 0.3) is 0 Å². The zero-order chi connectivity index (χ0) is 17.4. The molecule has 1 unspecified atom stereocenters. The molecule has 25 heavy (non-hydrogen) atoms. The number of halogens is 1. The Balaban J connectivity index is 0.00000312. The molecular formula is C17H30IN5OS. The summed E-state index contributed by atoms with van der Waals surface area (Å²) in [4.78, 5) is 22.8. The van der Waals surface area contributed by atoms with Gasteiger partial charge in [-0.2, -0.15) is 0 Å². The molecule has 1 fully saturated rings. The largest absolute Gasteiger partial charge is 0.370 e. The van der Waals surface area contributed by atoms with Crippen molar-refractivity contribution in [3.05, 3.63) is 16.1 Å².